The molecule has 0 heterocycles. The summed E-state index contributed by atoms with van der Waals surface area (Å²) in [7, 11) is 1.56. The first-order chi connectivity index (χ1) is 7.56. The number of Topliss-reactive ketones (excluding diaryl/α,β-unsaturated/α-hetero) is 1. The van der Waals surface area contributed by atoms with Gasteiger partial charge in [-0.1, -0.05) is 0 Å². The van der Waals surface area contributed by atoms with Gasteiger partial charge in [-0.05, 0) is 37.1 Å². The molecular formula is C12H16FNO2. The zero-order chi connectivity index (χ0) is 12.1. The van der Waals surface area contributed by atoms with Crippen molar-refractivity contribution >= 4 is 5.78 Å². The Morgan fingerprint density at radius 3 is 2.81 bits per heavy atom. The Kier molecular flexibility index (Phi) is 4.58. The number of rotatable bonds is 5. The van der Waals surface area contributed by atoms with Crippen molar-refractivity contribution < 1.29 is 13.9 Å². The molecular weight excluding hydrogens is 209 g/mol. The molecule has 0 spiro atoms. The van der Waals surface area contributed by atoms with Gasteiger partial charge in [-0.25, -0.2) is 4.39 Å². The van der Waals surface area contributed by atoms with E-state index in [0.29, 0.717) is 24.2 Å². The third-order valence-corrected chi connectivity index (χ3v) is 2.42. The van der Waals surface area contributed by atoms with Crippen LogP contribution in [0.15, 0.2) is 18.2 Å². The molecule has 88 valence electrons. The first-order valence-corrected chi connectivity index (χ1v) is 5.11. The molecule has 1 aromatic carbocycles. The highest BCUT2D eigenvalue weighted by atomic mass is 19.1. The summed E-state index contributed by atoms with van der Waals surface area (Å²) in [6.45, 7) is 2.13. The van der Waals surface area contributed by atoms with Gasteiger partial charge in [-0.3, -0.25) is 4.79 Å². The number of methoxy groups -OCH3 is 1. The molecule has 1 aromatic rings. The van der Waals surface area contributed by atoms with Gasteiger partial charge >= 0.3 is 0 Å². The molecule has 0 aliphatic heterocycles. The van der Waals surface area contributed by atoms with Crippen molar-refractivity contribution in [1.82, 2.24) is 0 Å². The van der Waals surface area contributed by atoms with E-state index in [9.17, 15) is 9.18 Å². The van der Waals surface area contributed by atoms with Gasteiger partial charge in [0.2, 0.25) is 0 Å². The second-order valence-electron chi connectivity index (χ2n) is 3.71. The van der Waals surface area contributed by atoms with E-state index in [-0.39, 0.29) is 11.6 Å². The minimum Gasteiger partial charge on any atom is -0.385 e. The first-order valence-electron chi connectivity index (χ1n) is 5.11. The monoisotopic (exact) mass is 225 g/mol. The maximum atomic E-state index is 12.9. The molecule has 1 atom stereocenters. The van der Waals surface area contributed by atoms with E-state index in [0.717, 1.165) is 0 Å². The number of carbonyl (C=O) groups excluding carboxylic acids is 1. The Morgan fingerprint density at radius 2 is 2.25 bits per heavy atom. The van der Waals surface area contributed by atoms with Crippen molar-refractivity contribution in [2.75, 3.05) is 13.7 Å². The largest absolute Gasteiger partial charge is 0.385 e. The molecule has 1 unspecified atom stereocenters. The Morgan fingerprint density at radius 1 is 1.56 bits per heavy atom. The van der Waals surface area contributed by atoms with E-state index in [2.05, 4.69) is 0 Å². The number of carbonyl (C=O) groups is 1. The molecule has 16 heavy (non-hydrogen) atoms. The maximum absolute atomic E-state index is 12.9. The van der Waals surface area contributed by atoms with Gasteiger partial charge in [0.05, 0.1) is 6.04 Å². The van der Waals surface area contributed by atoms with Crippen LogP contribution in [0.25, 0.3) is 0 Å². The van der Waals surface area contributed by atoms with Crippen LogP contribution < -0.4 is 5.73 Å². The van der Waals surface area contributed by atoms with E-state index in [1.807, 2.05) is 0 Å². The summed E-state index contributed by atoms with van der Waals surface area (Å²) in [5, 5.41) is 0. The van der Waals surface area contributed by atoms with E-state index in [1.54, 1.807) is 14.0 Å². The fourth-order valence-electron chi connectivity index (χ4n) is 1.48. The molecule has 0 radical (unpaired) electrons. The Labute approximate surface area is 94.4 Å². The second-order valence-corrected chi connectivity index (χ2v) is 3.71. The predicted molar refractivity (Wildman–Crippen MR) is 59.9 cm³/mol. The van der Waals surface area contributed by atoms with Crippen LogP contribution in [0.2, 0.25) is 0 Å². The van der Waals surface area contributed by atoms with Crippen LogP contribution in [0.4, 0.5) is 4.39 Å². The molecule has 1 rings (SSSR count). The van der Waals surface area contributed by atoms with Gasteiger partial charge in [0, 0.05) is 19.3 Å². The lowest BCUT2D eigenvalue weighted by molar-refractivity contribution is 0.0935. The van der Waals surface area contributed by atoms with E-state index in [1.165, 1.54) is 18.2 Å². The number of aryl methyl sites for hydroxylation is 1. The Hall–Kier alpha value is -1.26. The third kappa shape index (κ3) is 3.12. The lowest BCUT2D eigenvalue weighted by atomic mass is 9.98. The summed E-state index contributed by atoms with van der Waals surface area (Å²) in [6, 6.07) is 3.48. The molecule has 3 nitrogen and oxygen atoms in total. The molecule has 0 bridgehead atoms. The predicted octanol–water partition coefficient (Wildman–Crippen LogP) is 1.68. The van der Waals surface area contributed by atoms with Crippen LogP contribution in [-0.2, 0) is 4.74 Å². The number of halogens is 1. The summed E-state index contributed by atoms with van der Waals surface area (Å²) in [5.41, 5.74) is 6.80. The Balaban J connectivity index is 2.79. The van der Waals surface area contributed by atoms with Gasteiger partial charge in [-0.2, -0.15) is 0 Å². The molecule has 4 heteroatoms. The van der Waals surface area contributed by atoms with Gasteiger partial charge < -0.3 is 10.5 Å². The third-order valence-electron chi connectivity index (χ3n) is 2.42. The van der Waals surface area contributed by atoms with E-state index >= 15 is 0 Å². The second kappa shape index (κ2) is 5.72. The molecule has 2 N–H and O–H groups in total. The lowest BCUT2D eigenvalue weighted by Crippen LogP contribution is -2.32. The highest BCUT2D eigenvalue weighted by molar-refractivity contribution is 6.01. The zero-order valence-corrected chi connectivity index (χ0v) is 9.50. The Bertz CT molecular complexity index is 379. The van der Waals surface area contributed by atoms with Crippen LogP contribution >= 0.6 is 0 Å². The van der Waals surface area contributed by atoms with E-state index < -0.39 is 6.04 Å². The summed E-state index contributed by atoms with van der Waals surface area (Å²) in [4.78, 5) is 11.9. The fourth-order valence-corrected chi connectivity index (χ4v) is 1.48. The van der Waals surface area contributed by atoms with Crippen LogP contribution in [-0.4, -0.2) is 25.5 Å². The number of nitrogens with two attached hydrogens (primary N) is 1. The van der Waals surface area contributed by atoms with Gasteiger partial charge in [0.25, 0.3) is 0 Å². The van der Waals surface area contributed by atoms with Crippen LogP contribution in [0, 0.1) is 12.7 Å². The average Bonchev–Trinajstić information content (AvgIpc) is 2.25. The minimum absolute atomic E-state index is 0.172. The standard InChI is InChI=1S/C12H16FNO2/c1-8-7-9(13)3-4-10(8)12(15)11(14)5-6-16-2/h3-4,7,11H,5-6,14H2,1-2H3. The lowest BCUT2D eigenvalue weighted by Gasteiger charge is -2.11. The number of hydrogen-bond acceptors (Lipinski definition) is 3. The number of hydrogen-bond donors (Lipinski definition) is 1. The minimum atomic E-state index is -0.593. The molecule has 0 saturated heterocycles. The quantitative estimate of drug-likeness (QED) is 0.776. The highest BCUT2D eigenvalue weighted by Crippen LogP contribution is 2.12. The van der Waals surface area contributed by atoms with Gasteiger partial charge in [0.15, 0.2) is 5.78 Å². The van der Waals surface area contributed by atoms with Crippen molar-refractivity contribution in [1.29, 1.82) is 0 Å². The van der Waals surface area contributed by atoms with Crippen LogP contribution in [0.5, 0.6) is 0 Å². The maximum Gasteiger partial charge on any atom is 0.179 e. The number of ether oxygens (including phenoxy) is 1. The molecule has 0 amide bonds. The first kappa shape index (κ1) is 12.8. The summed E-state index contributed by atoms with van der Waals surface area (Å²) in [6.07, 6.45) is 0.464. The summed E-state index contributed by atoms with van der Waals surface area (Å²) in [5.74, 6) is -0.519. The van der Waals surface area contributed by atoms with Crippen molar-refractivity contribution in [2.24, 2.45) is 5.73 Å². The van der Waals surface area contributed by atoms with Crippen LogP contribution in [0.1, 0.15) is 22.3 Å². The molecule has 0 aliphatic rings. The van der Waals surface area contributed by atoms with Crippen LogP contribution in [0.3, 0.4) is 0 Å². The highest BCUT2D eigenvalue weighted by Gasteiger charge is 2.17. The molecule has 0 fully saturated rings. The normalized spacial score (nSPS) is 12.5. The average molecular weight is 225 g/mol. The van der Waals surface area contributed by atoms with Crippen molar-refractivity contribution in [2.45, 2.75) is 19.4 Å². The summed E-state index contributed by atoms with van der Waals surface area (Å²) < 4.78 is 17.7. The van der Waals surface area contributed by atoms with E-state index in [4.69, 9.17) is 10.5 Å². The smallest absolute Gasteiger partial charge is 0.179 e. The molecule has 0 aliphatic carbocycles. The fraction of sp³-hybridized carbons (Fsp3) is 0.417. The zero-order valence-electron chi connectivity index (χ0n) is 9.50. The van der Waals surface area contributed by atoms with Crippen molar-refractivity contribution in [3.8, 4) is 0 Å². The SMILES string of the molecule is COCCC(N)C(=O)c1ccc(F)cc1C. The van der Waals surface area contributed by atoms with Gasteiger partial charge in [-0.15, -0.1) is 0 Å². The molecule has 0 saturated carbocycles. The summed E-state index contributed by atoms with van der Waals surface area (Å²) >= 11 is 0. The van der Waals surface area contributed by atoms with Crippen molar-refractivity contribution in [3.63, 3.8) is 0 Å². The number of ketones is 1. The van der Waals surface area contributed by atoms with Crippen molar-refractivity contribution in [3.05, 3.63) is 35.1 Å². The topological polar surface area (TPSA) is 52.3 Å². The number of benzene rings is 1. The van der Waals surface area contributed by atoms with Gasteiger partial charge in [0.1, 0.15) is 5.82 Å². The molecule has 0 aromatic heterocycles.